The number of aromatic amines is 1. The molecule has 0 aliphatic heterocycles. The van der Waals surface area contributed by atoms with Crippen LogP contribution < -0.4 is 10.1 Å². The van der Waals surface area contributed by atoms with Crippen LogP contribution in [0.4, 0.5) is 9.59 Å². The molecule has 11 nitrogen and oxygen atoms in total. The molecule has 1 heterocycles. The molecule has 2 atom stereocenters. The van der Waals surface area contributed by atoms with Gasteiger partial charge in [-0.3, -0.25) is 0 Å². The maximum atomic E-state index is 13.2. The number of amides is 1. The van der Waals surface area contributed by atoms with Gasteiger partial charge in [0.15, 0.2) is 6.61 Å². The number of fused-ring (bicyclic) bond motifs is 1. The van der Waals surface area contributed by atoms with Gasteiger partial charge < -0.3 is 34.0 Å². The Bertz CT molecular complexity index is 1630. The maximum Gasteiger partial charge on any atom is 0.514 e. The van der Waals surface area contributed by atoms with Gasteiger partial charge in [0.05, 0.1) is 0 Å². The fraction of sp³-hybridized carbons (Fsp3) is 0.314. The van der Waals surface area contributed by atoms with E-state index in [1.807, 2.05) is 69.3 Å². The highest BCUT2D eigenvalue weighted by atomic mass is 16.7. The van der Waals surface area contributed by atoms with Gasteiger partial charge in [0.2, 0.25) is 0 Å². The van der Waals surface area contributed by atoms with E-state index in [4.69, 9.17) is 23.7 Å². The van der Waals surface area contributed by atoms with Crippen LogP contribution in [0.3, 0.4) is 0 Å². The van der Waals surface area contributed by atoms with Crippen LogP contribution in [0, 0.1) is 5.41 Å². The number of carbonyl (C=O) groups is 4. The molecule has 0 fully saturated rings. The van der Waals surface area contributed by atoms with Crippen LogP contribution >= 0.6 is 0 Å². The van der Waals surface area contributed by atoms with Crippen LogP contribution in [-0.2, 0) is 48.2 Å². The lowest BCUT2D eigenvalue weighted by molar-refractivity contribution is -0.166. The van der Waals surface area contributed by atoms with Gasteiger partial charge in [-0.1, -0.05) is 81.4 Å². The second-order valence-electron chi connectivity index (χ2n) is 11.7. The monoisotopic (exact) mass is 630 g/mol. The van der Waals surface area contributed by atoms with Crippen molar-refractivity contribution in [3.8, 4) is 5.75 Å². The van der Waals surface area contributed by atoms with Gasteiger partial charge >= 0.3 is 24.2 Å². The highest BCUT2D eigenvalue weighted by Gasteiger charge is 2.28. The van der Waals surface area contributed by atoms with Crippen LogP contribution in [0.25, 0.3) is 10.9 Å². The van der Waals surface area contributed by atoms with Crippen molar-refractivity contribution in [1.29, 1.82) is 0 Å². The summed E-state index contributed by atoms with van der Waals surface area (Å²) in [6.45, 7) is 6.92. The zero-order valence-electron chi connectivity index (χ0n) is 26.2. The average Bonchev–Trinajstić information content (AvgIpc) is 3.43. The Morgan fingerprint density at radius 3 is 2.09 bits per heavy atom. The summed E-state index contributed by atoms with van der Waals surface area (Å²) in [6, 6.07) is 22.0. The van der Waals surface area contributed by atoms with Crippen LogP contribution in [0.2, 0.25) is 0 Å². The first-order chi connectivity index (χ1) is 22.0. The van der Waals surface area contributed by atoms with Crippen molar-refractivity contribution in [2.75, 3.05) is 6.61 Å². The predicted octanol–water partition coefficient (Wildman–Crippen LogP) is 6.24. The number of carbonyl (C=O) groups excluding carboxylic acids is 4. The molecule has 0 bridgehead atoms. The number of benzene rings is 3. The first-order valence-electron chi connectivity index (χ1n) is 14.8. The zero-order chi connectivity index (χ0) is 33.1. The van der Waals surface area contributed by atoms with E-state index in [0.29, 0.717) is 16.5 Å². The number of esters is 2. The largest absolute Gasteiger partial charge is 0.514 e. The highest BCUT2D eigenvalue weighted by molar-refractivity contribution is 5.88. The standard InChI is InChI=1S/C35H38N2O9/c1-23(35(2,3)4)45-31(38)22-42-32(39)30(37-33(40)43-20-24-11-7-5-8-12-24)17-26-19-36-29-16-15-27(18-28(26)29)46-34(41)44-21-25-13-9-6-10-14-25/h5-16,18-19,23,30,36H,17,20-22H2,1-4H3,(H,37,40). The number of H-pyrrole nitrogens is 1. The Balaban J connectivity index is 1.44. The smallest absolute Gasteiger partial charge is 0.460 e. The van der Waals surface area contributed by atoms with E-state index >= 15 is 0 Å². The second kappa shape index (κ2) is 15.6. The van der Waals surface area contributed by atoms with Crippen molar-refractivity contribution in [2.45, 2.75) is 59.5 Å². The second-order valence-corrected chi connectivity index (χ2v) is 11.7. The van der Waals surface area contributed by atoms with Gasteiger partial charge in [-0.25, -0.2) is 19.2 Å². The molecule has 46 heavy (non-hydrogen) atoms. The molecule has 3 aromatic carbocycles. The minimum Gasteiger partial charge on any atom is -0.460 e. The molecule has 4 aromatic rings. The molecule has 1 amide bonds. The molecular weight excluding hydrogens is 592 g/mol. The molecule has 0 aliphatic rings. The van der Waals surface area contributed by atoms with Gasteiger partial charge in [-0.15, -0.1) is 0 Å². The van der Waals surface area contributed by atoms with Crippen molar-refractivity contribution in [2.24, 2.45) is 5.41 Å². The van der Waals surface area contributed by atoms with Crippen molar-refractivity contribution in [3.63, 3.8) is 0 Å². The van der Waals surface area contributed by atoms with E-state index in [9.17, 15) is 19.2 Å². The molecular formula is C35H38N2O9. The van der Waals surface area contributed by atoms with Gasteiger partial charge in [-0.2, -0.15) is 0 Å². The molecule has 4 rings (SSSR count). The van der Waals surface area contributed by atoms with E-state index < -0.39 is 42.9 Å². The Hall–Kier alpha value is -5.32. The van der Waals surface area contributed by atoms with Crippen LogP contribution in [-0.4, -0.2) is 47.9 Å². The lowest BCUT2D eigenvalue weighted by atomic mass is 9.90. The third-order valence-corrected chi connectivity index (χ3v) is 7.21. The van der Waals surface area contributed by atoms with Crippen molar-refractivity contribution in [1.82, 2.24) is 10.3 Å². The maximum absolute atomic E-state index is 13.2. The molecule has 0 saturated heterocycles. The molecule has 0 spiro atoms. The first kappa shape index (κ1) is 33.6. The number of hydrogen-bond acceptors (Lipinski definition) is 9. The quantitative estimate of drug-likeness (QED) is 0.106. The minimum absolute atomic E-state index is 0.0143. The summed E-state index contributed by atoms with van der Waals surface area (Å²) >= 11 is 0. The topological polar surface area (TPSA) is 142 Å². The summed E-state index contributed by atoms with van der Waals surface area (Å²) in [5.74, 6) is -1.35. The van der Waals surface area contributed by atoms with Crippen LogP contribution in [0.5, 0.6) is 5.75 Å². The average molecular weight is 631 g/mol. The Kier molecular flexibility index (Phi) is 11.4. The number of nitrogens with one attached hydrogen (secondary N) is 2. The number of hydrogen-bond donors (Lipinski definition) is 2. The van der Waals surface area contributed by atoms with Gasteiger partial charge in [-0.05, 0) is 47.2 Å². The van der Waals surface area contributed by atoms with E-state index in [-0.39, 0.29) is 30.8 Å². The summed E-state index contributed by atoms with van der Waals surface area (Å²) in [6.07, 6.45) is -0.510. The van der Waals surface area contributed by atoms with E-state index in [1.54, 1.807) is 43.5 Å². The summed E-state index contributed by atoms with van der Waals surface area (Å²) in [5, 5.41) is 3.18. The Morgan fingerprint density at radius 2 is 1.46 bits per heavy atom. The normalized spacial score (nSPS) is 12.4. The summed E-state index contributed by atoms with van der Waals surface area (Å²) in [5.41, 5.74) is 2.57. The van der Waals surface area contributed by atoms with Crippen molar-refractivity contribution >= 4 is 35.1 Å². The molecule has 0 aliphatic carbocycles. The fourth-order valence-electron chi connectivity index (χ4n) is 4.19. The first-order valence-corrected chi connectivity index (χ1v) is 14.8. The number of aromatic nitrogens is 1. The lowest BCUT2D eigenvalue weighted by Crippen LogP contribution is -2.44. The van der Waals surface area contributed by atoms with Crippen molar-refractivity contribution in [3.05, 3.63) is 102 Å². The predicted molar refractivity (Wildman–Crippen MR) is 169 cm³/mol. The van der Waals surface area contributed by atoms with Gasteiger partial charge in [0.25, 0.3) is 0 Å². The van der Waals surface area contributed by atoms with Crippen LogP contribution in [0.15, 0.2) is 85.1 Å². The highest BCUT2D eigenvalue weighted by Crippen LogP contribution is 2.26. The Labute approximate surface area is 267 Å². The number of rotatable bonds is 12. The summed E-state index contributed by atoms with van der Waals surface area (Å²) in [4.78, 5) is 53.8. The SMILES string of the molecule is CC(OC(=O)COC(=O)C(Cc1c[nH]c2ccc(OC(=O)OCc3ccccc3)cc12)NC(=O)OCc1ccccc1)C(C)(C)C. The lowest BCUT2D eigenvalue weighted by Gasteiger charge is -2.26. The van der Waals surface area contributed by atoms with Gasteiger partial charge in [0, 0.05) is 23.5 Å². The van der Waals surface area contributed by atoms with Crippen LogP contribution in [0.1, 0.15) is 44.4 Å². The molecule has 0 saturated carbocycles. The van der Waals surface area contributed by atoms with E-state index in [2.05, 4.69) is 10.3 Å². The minimum atomic E-state index is -1.23. The Morgan fingerprint density at radius 1 is 0.826 bits per heavy atom. The zero-order valence-corrected chi connectivity index (χ0v) is 26.2. The number of alkyl carbamates (subject to hydrolysis) is 1. The fourth-order valence-corrected chi connectivity index (χ4v) is 4.19. The van der Waals surface area contributed by atoms with E-state index in [0.717, 1.165) is 11.1 Å². The third kappa shape index (κ3) is 10.1. The summed E-state index contributed by atoms with van der Waals surface area (Å²) in [7, 11) is 0. The molecule has 11 heteroatoms. The third-order valence-electron chi connectivity index (χ3n) is 7.21. The van der Waals surface area contributed by atoms with Crippen molar-refractivity contribution < 1.29 is 42.9 Å². The molecule has 242 valence electrons. The molecule has 2 N–H and O–H groups in total. The number of ether oxygens (including phenoxy) is 5. The van der Waals surface area contributed by atoms with E-state index in [1.165, 1.54) is 0 Å². The molecule has 1 aromatic heterocycles. The molecule has 2 unspecified atom stereocenters. The molecule has 0 radical (unpaired) electrons. The summed E-state index contributed by atoms with van der Waals surface area (Å²) < 4.78 is 26.5. The van der Waals surface area contributed by atoms with Gasteiger partial charge in [0.1, 0.15) is 31.1 Å².